The van der Waals surface area contributed by atoms with E-state index in [0.29, 0.717) is 11.9 Å². The van der Waals surface area contributed by atoms with Crippen molar-refractivity contribution in [1.82, 2.24) is 9.97 Å². The Morgan fingerprint density at radius 3 is 2.90 bits per heavy atom. The van der Waals surface area contributed by atoms with Crippen molar-refractivity contribution in [3.63, 3.8) is 0 Å². The first-order chi connectivity index (χ1) is 4.86. The van der Waals surface area contributed by atoms with Crippen LogP contribution in [-0.4, -0.2) is 9.97 Å². The van der Waals surface area contributed by atoms with Gasteiger partial charge in [0.2, 0.25) is 5.95 Å². The van der Waals surface area contributed by atoms with Crippen LogP contribution in [0, 0.1) is 0 Å². The fraction of sp³-hybridized carbons (Fsp3) is 0.429. The van der Waals surface area contributed by atoms with Gasteiger partial charge in [-0.2, -0.15) is 0 Å². The molecule has 1 heterocycles. The SMILES string of the molecule is Nc1nccc(C2CC2)n1. The molecule has 1 aliphatic rings. The Morgan fingerprint density at radius 2 is 2.30 bits per heavy atom. The van der Waals surface area contributed by atoms with Crippen LogP contribution in [0.25, 0.3) is 0 Å². The van der Waals surface area contributed by atoms with Crippen LogP contribution in [-0.2, 0) is 0 Å². The van der Waals surface area contributed by atoms with Crippen molar-refractivity contribution in [2.24, 2.45) is 0 Å². The normalized spacial score (nSPS) is 17.2. The van der Waals surface area contributed by atoms with Crippen molar-refractivity contribution >= 4 is 5.95 Å². The average molecular weight is 135 g/mol. The smallest absolute Gasteiger partial charge is 0.220 e. The third-order valence-corrected chi connectivity index (χ3v) is 1.69. The summed E-state index contributed by atoms with van der Waals surface area (Å²) in [5.41, 5.74) is 6.51. The minimum Gasteiger partial charge on any atom is -0.368 e. The maximum absolute atomic E-state index is 5.40. The number of nitrogens with two attached hydrogens (primary N) is 1. The zero-order chi connectivity index (χ0) is 6.97. The molecule has 10 heavy (non-hydrogen) atoms. The molecule has 0 spiro atoms. The van der Waals surface area contributed by atoms with Crippen molar-refractivity contribution in [2.75, 3.05) is 5.73 Å². The summed E-state index contributed by atoms with van der Waals surface area (Å²) >= 11 is 0. The summed E-state index contributed by atoms with van der Waals surface area (Å²) in [4.78, 5) is 7.92. The van der Waals surface area contributed by atoms with Crippen LogP contribution >= 0.6 is 0 Å². The Labute approximate surface area is 59.3 Å². The zero-order valence-corrected chi connectivity index (χ0v) is 5.62. The summed E-state index contributed by atoms with van der Waals surface area (Å²) in [7, 11) is 0. The van der Waals surface area contributed by atoms with Crippen LogP contribution in [0.15, 0.2) is 12.3 Å². The van der Waals surface area contributed by atoms with E-state index in [2.05, 4.69) is 9.97 Å². The monoisotopic (exact) mass is 135 g/mol. The molecule has 1 fully saturated rings. The number of hydrogen-bond acceptors (Lipinski definition) is 3. The molecule has 0 aliphatic heterocycles. The summed E-state index contributed by atoms with van der Waals surface area (Å²) in [6, 6.07) is 1.94. The zero-order valence-electron chi connectivity index (χ0n) is 5.62. The lowest BCUT2D eigenvalue weighted by atomic mass is 10.3. The molecule has 0 unspecified atom stereocenters. The highest BCUT2D eigenvalue weighted by Gasteiger charge is 2.24. The largest absolute Gasteiger partial charge is 0.368 e. The molecule has 0 saturated heterocycles. The summed E-state index contributed by atoms with van der Waals surface area (Å²) in [5, 5.41) is 0. The molecular formula is C7H9N3. The van der Waals surface area contributed by atoms with E-state index < -0.39 is 0 Å². The quantitative estimate of drug-likeness (QED) is 0.623. The standard InChI is InChI=1S/C7H9N3/c8-7-9-4-3-6(10-7)5-1-2-5/h3-5H,1-2H2,(H2,8,9,10). The summed E-state index contributed by atoms with van der Waals surface area (Å²) in [6.45, 7) is 0. The van der Waals surface area contributed by atoms with E-state index >= 15 is 0 Å². The van der Waals surface area contributed by atoms with E-state index in [1.54, 1.807) is 6.20 Å². The first kappa shape index (κ1) is 5.65. The van der Waals surface area contributed by atoms with Crippen molar-refractivity contribution < 1.29 is 0 Å². The van der Waals surface area contributed by atoms with Gasteiger partial charge in [-0.25, -0.2) is 9.97 Å². The highest BCUT2D eigenvalue weighted by atomic mass is 15.0. The predicted octanol–water partition coefficient (Wildman–Crippen LogP) is 0.936. The topological polar surface area (TPSA) is 51.8 Å². The van der Waals surface area contributed by atoms with Crippen LogP contribution < -0.4 is 5.73 Å². The third-order valence-electron chi connectivity index (χ3n) is 1.69. The van der Waals surface area contributed by atoms with Gasteiger partial charge in [0.1, 0.15) is 0 Å². The number of nitrogen functional groups attached to an aromatic ring is 1. The van der Waals surface area contributed by atoms with Crippen LogP contribution in [0.2, 0.25) is 0 Å². The molecular weight excluding hydrogens is 126 g/mol. The molecule has 0 atom stereocenters. The van der Waals surface area contributed by atoms with Crippen molar-refractivity contribution in [3.05, 3.63) is 18.0 Å². The van der Waals surface area contributed by atoms with E-state index in [9.17, 15) is 0 Å². The molecule has 0 amide bonds. The second-order valence-corrected chi connectivity index (χ2v) is 2.61. The molecule has 0 aromatic carbocycles. The molecule has 1 aromatic rings. The third kappa shape index (κ3) is 0.943. The van der Waals surface area contributed by atoms with Crippen molar-refractivity contribution in [1.29, 1.82) is 0 Å². The highest BCUT2D eigenvalue weighted by Crippen LogP contribution is 2.38. The molecule has 3 nitrogen and oxygen atoms in total. The van der Waals surface area contributed by atoms with Gasteiger partial charge in [-0.05, 0) is 18.9 Å². The molecule has 2 N–H and O–H groups in total. The second-order valence-electron chi connectivity index (χ2n) is 2.61. The molecule has 3 heteroatoms. The molecule has 1 aromatic heterocycles. The van der Waals surface area contributed by atoms with Gasteiger partial charge in [0, 0.05) is 17.8 Å². The van der Waals surface area contributed by atoms with E-state index in [1.165, 1.54) is 12.8 Å². The van der Waals surface area contributed by atoms with E-state index in [1.807, 2.05) is 6.07 Å². The van der Waals surface area contributed by atoms with Gasteiger partial charge in [-0.15, -0.1) is 0 Å². The van der Waals surface area contributed by atoms with Crippen molar-refractivity contribution in [2.45, 2.75) is 18.8 Å². The van der Waals surface area contributed by atoms with E-state index in [-0.39, 0.29) is 0 Å². The van der Waals surface area contributed by atoms with Gasteiger partial charge < -0.3 is 5.73 Å². The maximum Gasteiger partial charge on any atom is 0.220 e. The molecule has 1 aliphatic carbocycles. The number of nitrogens with zero attached hydrogens (tertiary/aromatic N) is 2. The highest BCUT2D eigenvalue weighted by molar-refractivity contribution is 5.22. The van der Waals surface area contributed by atoms with Crippen LogP contribution in [0.4, 0.5) is 5.95 Å². The van der Waals surface area contributed by atoms with Gasteiger partial charge in [0.05, 0.1) is 0 Å². The van der Waals surface area contributed by atoms with E-state index in [0.717, 1.165) is 5.69 Å². The lowest BCUT2D eigenvalue weighted by molar-refractivity contribution is 0.998. The Bertz CT molecular complexity index is 242. The van der Waals surface area contributed by atoms with Crippen molar-refractivity contribution in [3.8, 4) is 0 Å². The van der Waals surface area contributed by atoms with Gasteiger partial charge in [0.15, 0.2) is 0 Å². The Kier molecular flexibility index (Phi) is 1.09. The fourth-order valence-electron chi connectivity index (χ4n) is 0.995. The minimum absolute atomic E-state index is 0.393. The number of rotatable bonds is 1. The van der Waals surface area contributed by atoms with Gasteiger partial charge in [0.25, 0.3) is 0 Å². The van der Waals surface area contributed by atoms with Crippen LogP contribution in [0.1, 0.15) is 24.5 Å². The summed E-state index contributed by atoms with van der Waals surface area (Å²) < 4.78 is 0. The number of anilines is 1. The molecule has 1 saturated carbocycles. The van der Waals surface area contributed by atoms with E-state index in [4.69, 9.17) is 5.73 Å². The second kappa shape index (κ2) is 1.94. The first-order valence-corrected chi connectivity index (χ1v) is 3.44. The van der Waals surface area contributed by atoms with Gasteiger partial charge in [-0.1, -0.05) is 0 Å². The maximum atomic E-state index is 5.40. The van der Waals surface area contributed by atoms with Crippen LogP contribution in [0.3, 0.4) is 0 Å². The lowest BCUT2D eigenvalue weighted by Crippen LogP contribution is -1.96. The fourth-order valence-corrected chi connectivity index (χ4v) is 0.995. The number of aromatic nitrogens is 2. The lowest BCUT2D eigenvalue weighted by Gasteiger charge is -1.95. The summed E-state index contributed by atoms with van der Waals surface area (Å²) in [5.74, 6) is 1.06. The molecule has 0 radical (unpaired) electrons. The molecule has 0 bridgehead atoms. The first-order valence-electron chi connectivity index (χ1n) is 3.44. The summed E-state index contributed by atoms with van der Waals surface area (Å²) in [6.07, 6.45) is 4.24. The number of hydrogen-bond donors (Lipinski definition) is 1. The Morgan fingerprint density at radius 1 is 1.50 bits per heavy atom. The van der Waals surface area contributed by atoms with Gasteiger partial charge >= 0.3 is 0 Å². The average Bonchev–Trinajstić information content (AvgIpc) is 2.68. The minimum atomic E-state index is 0.393. The predicted molar refractivity (Wildman–Crippen MR) is 38.4 cm³/mol. The van der Waals surface area contributed by atoms with Crippen LogP contribution in [0.5, 0.6) is 0 Å². The molecule has 2 rings (SSSR count). The molecule has 52 valence electrons. The van der Waals surface area contributed by atoms with Gasteiger partial charge in [-0.3, -0.25) is 0 Å². The Balaban J connectivity index is 2.32. The Hall–Kier alpha value is -1.12.